The van der Waals surface area contributed by atoms with E-state index >= 15 is 0 Å². The van der Waals surface area contributed by atoms with E-state index in [1.165, 1.54) is 27.9 Å². The van der Waals surface area contributed by atoms with Gasteiger partial charge in [-0.3, -0.25) is 4.79 Å². The maximum Gasteiger partial charge on any atom is 0.225 e. The molecule has 2 aromatic rings. The fraction of sp³-hybridized carbons (Fsp3) is 0.536. The first-order valence-corrected chi connectivity index (χ1v) is 12.2. The number of anilines is 1. The fourth-order valence-electron chi connectivity index (χ4n) is 5.79. The van der Waals surface area contributed by atoms with Crippen molar-refractivity contribution in [2.24, 2.45) is 5.92 Å². The summed E-state index contributed by atoms with van der Waals surface area (Å²) >= 11 is 0. The third-order valence-electron chi connectivity index (χ3n) is 7.69. The molecule has 0 radical (unpaired) electrons. The molecule has 0 N–H and O–H groups in total. The molecule has 0 bridgehead atoms. The molecule has 1 aliphatic carbocycles. The number of fused-ring (bicyclic) bond motifs is 1. The summed E-state index contributed by atoms with van der Waals surface area (Å²) in [5.74, 6) is 1.36. The smallest absolute Gasteiger partial charge is 0.225 e. The number of nitrogens with zero attached hydrogens (tertiary/aromatic N) is 2. The average Bonchev–Trinajstić information content (AvgIpc) is 3.60. The second-order valence-corrected chi connectivity index (χ2v) is 10.5. The molecule has 0 unspecified atom stereocenters. The summed E-state index contributed by atoms with van der Waals surface area (Å²) in [6, 6.07) is 16.1. The van der Waals surface area contributed by atoms with Gasteiger partial charge in [-0.25, -0.2) is 0 Å². The second-order valence-electron chi connectivity index (χ2n) is 10.5. The predicted octanol–water partition coefficient (Wildman–Crippen LogP) is 5.66. The largest absolute Gasteiger partial charge is 0.366 e. The highest BCUT2D eigenvalue weighted by molar-refractivity contribution is 5.81. The molecule has 3 aliphatic rings. The van der Waals surface area contributed by atoms with E-state index in [1.807, 2.05) is 0 Å². The Bertz CT molecular complexity index is 967. The minimum Gasteiger partial charge on any atom is -0.366 e. The lowest BCUT2D eigenvalue weighted by molar-refractivity contribution is -0.133. The van der Waals surface area contributed by atoms with Crippen LogP contribution in [0.4, 0.5) is 5.69 Å². The summed E-state index contributed by atoms with van der Waals surface area (Å²) in [7, 11) is 0. The molecule has 2 heterocycles. The summed E-state index contributed by atoms with van der Waals surface area (Å²) in [6.45, 7) is 10.9. The van der Waals surface area contributed by atoms with Crippen molar-refractivity contribution in [3.8, 4) is 0 Å². The van der Waals surface area contributed by atoms with Crippen molar-refractivity contribution in [3.05, 3.63) is 64.7 Å². The van der Waals surface area contributed by atoms with Crippen LogP contribution in [0.1, 0.15) is 74.6 Å². The van der Waals surface area contributed by atoms with Crippen LogP contribution in [0, 0.1) is 5.92 Å². The van der Waals surface area contributed by atoms with Gasteiger partial charge >= 0.3 is 0 Å². The standard InChI is InChI=1S/C28H36N2O/c1-4-21-17-20(18-30-19-28(2,3)25-7-5-6-8-26(25)30)9-12-24(21)22-13-15-29(16-14-22)27(31)23-10-11-23/h5-9,12,17,22-23H,4,10-11,13-16,18-19H2,1-3H3. The number of rotatable bonds is 5. The monoisotopic (exact) mass is 416 g/mol. The maximum atomic E-state index is 12.4. The Labute approximate surface area is 187 Å². The summed E-state index contributed by atoms with van der Waals surface area (Å²) in [5, 5.41) is 0. The van der Waals surface area contributed by atoms with Crippen molar-refractivity contribution < 1.29 is 4.79 Å². The molecule has 1 saturated heterocycles. The summed E-state index contributed by atoms with van der Waals surface area (Å²) in [6.07, 6.45) is 5.52. The molecule has 2 fully saturated rings. The number of aryl methyl sites for hydroxylation is 1. The number of piperidine rings is 1. The first-order chi connectivity index (χ1) is 15.0. The molecule has 164 valence electrons. The van der Waals surface area contributed by atoms with E-state index < -0.39 is 0 Å². The minimum atomic E-state index is 0.204. The molecule has 2 aromatic carbocycles. The number of benzene rings is 2. The van der Waals surface area contributed by atoms with Crippen LogP contribution in [-0.4, -0.2) is 30.4 Å². The normalized spacial score (nSPS) is 20.7. The van der Waals surface area contributed by atoms with Crippen LogP contribution in [0.5, 0.6) is 0 Å². The average molecular weight is 417 g/mol. The Hall–Kier alpha value is -2.29. The zero-order valence-electron chi connectivity index (χ0n) is 19.4. The van der Waals surface area contributed by atoms with Crippen molar-refractivity contribution in [3.63, 3.8) is 0 Å². The summed E-state index contributed by atoms with van der Waals surface area (Å²) < 4.78 is 0. The maximum absolute atomic E-state index is 12.4. The van der Waals surface area contributed by atoms with E-state index in [2.05, 4.69) is 73.0 Å². The first kappa shape index (κ1) is 20.6. The van der Waals surface area contributed by atoms with Gasteiger partial charge in [-0.05, 0) is 66.3 Å². The van der Waals surface area contributed by atoms with Crippen LogP contribution < -0.4 is 4.90 Å². The van der Waals surface area contributed by atoms with Crippen molar-refractivity contribution in [1.29, 1.82) is 0 Å². The lowest BCUT2D eigenvalue weighted by Gasteiger charge is -2.33. The van der Waals surface area contributed by atoms with Crippen molar-refractivity contribution >= 4 is 11.6 Å². The first-order valence-electron chi connectivity index (χ1n) is 12.2. The van der Waals surface area contributed by atoms with Crippen LogP contribution in [0.25, 0.3) is 0 Å². The lowest BCUT2D eigenvalue weighted by Crippen LogP contribution is -2.38. The Morgan fingerprint density at radius 3 is 2.48 bits per heavy atom. The van der Waals surface area contributed by atoms with Crippen LogP contribution in [0.3, 0.4) is 0 Å². The zero-order valence-corrected chi connectivity index (χ0v) is 19.4. The number of hydrogen-bond donors (Lipinski definition) is 0. The van der Waals surface area contributed by atoms with Crippen molar-refractivity contribution in [1.82, 2.24) is 4.90 Å². The zero-order chi connectivity index (χ0) is 21.6. The molecule has 0 aromatic heterocycles. The van der Waals surface area contributed by atoms with Gasteiger partial charge in [0.15, 0.2) is 0 Å². The molecule has 0 atom stereocenters. The van der Waals surface area contributed by atoms with Gasteiger partial charge in [-0.1, -0.05) is 57.2 Å². The number of amides is 1. The molecular formula is C28H36N2O. The summed E-state index contributed by atoms with van der Waals surface area (Å²) in [4.78, 5) is 17.1. The van der Waals surface area contributed by atoms with E-state index in [1.54, 1.807) is 0 Å². The Morgan fingerprint density at radius 2 is 1.77 bits per heavy atom. The third kappa shape index (κ3) is 4.00. The molecule has 31 heavy (non-hydrogen) atoms. The van der Waals surface area contributed by atoms with Crippen LogP contribution in [0.2, 0.25) is 0 Å². The van der Waals surface area contributed by atoms with Crippen LogP contribution in [0.15, 0.2) is 42.5 Å². The van der Waals surface area contributed by atoms with E-state index in [0.717, 1.165) is 58.3 Å². The van der Waals surface area contributed by atoms with Gasteiger partial charge in [0.1, 0.15) is 0 Å². The highest BCUT2D eigenvalue weighted by Crippen LogP contribution is 2.41. The van der Waals surface area contributed by atoms with E-state index in [-0.39, 0.29) is 5.41 Å². The van der Waals surface area contributed by atoms with Crippen LogP contribution in [-0.2, 0) is 23.2 Å². The number of likely N-dealkylation sites (tertiary alicyclic amines) is 1. The van der Waals surface area contributed by atoms with Crippen molar-refractivity contribution in [2.75, 3.05) is 24.5 Å². The molecule has 5 rings (SSSR count). The molecule has 3 nitrogen and oxygen atoms in total. The van der Waals surface area contributed by atoms with Crippen LogP contribution >= 0.6 is 0 Å². The van der Waals surface area contributed by atoms with Gasteiger partial charge in [-0.2, -0.15) is 0 Å². The number of carbonyl (C=O) groups excluding carboxylic acids is 1. The lowest BCUT2D eigenvalue weighted by atomic mass is 9.85. The van der Waals surface area contributed by atoms with Crippen molar-refractivity contribution in [2.45, 2.75) is 70.8 Å². The van der Waals surface area contributed by atoms with Gasteiger partial charge < -0.3 is 9.80 Å². The molecule has 3 heteroatoms. The number of hydrogen-bond acceptors (Lipinski definition) is 2. The quantitative estimate of drug-likeness (QED) is 0.628. The van der Waals surface area contributed by atoms with E-state index in [4.69, 9.17) is 0 Å². The van der Waals surface area contributed by atoms with Gasteiger partial charge in [0.2, 0.25) is 5.91 Å². The van der Waals surface area contributed by atoms with Gasteiger partial charge in [0.25, 0.3) is 0 Å². The topological polar surface area (TPSA) is 23.6 Å². The molecule has 0 spiro atoms. The Balaban J connectivity index is 1.29. The Kier molecular flexibility index (Phi) is 5.32. The van der Waals surface area contributed by atoms with E-state index in [0.29, 0.717) is 17.7 Å². The molecule has 2 aliphatic heterocycles. The number of carbonyl (C=O) groups is 1. The summed E-state index contributed by atoms with van der Waals surface area (Å²) in [5.41, 5.74) is 7.49. The van der Waals surface area contributed by atoms with Gasteiger partial charge in [0, 0.05) is 43.2 Å². The fourth-order valence-corrected chi connectivity index (χ4v) is 5.79. The molecular weight excluding hydrogens is 380 g/mol. The highest BCUT2D eigenvalue weighted by Gasteiger charge is 2.36. The highest BCUT2D eigenvalue weighted by atomic mass is 16.2. The van der Waals surface area contributed by atoms with Gasteiger partial charge in [-0.15, -0.1) is 0 Å². The SMILES string of the molecule is CCc1cc(CN2CC(C)(C)c3ccccc32)ccc1C1CCN(C(=O)C2CC2)CC1. The second kappa shape index (κ2) is 8.00. The molecule has 1 amide bonds. The van der Waals surface area contributed by atoms with Gasteiger partial charge in [0.05, 0.1) is 0 Å². The Morgan fingerprint density at radius 1 is 1.03 bits per heavy atom. The number of para-hydroxylation sites is 1. The van der Waals surface area contributed by atoms with E-state index in [9.17, 15) is 4.79 Å². The predicted molar refractivity (Wildman–Crippen MR) is 128 cm³/mol. The third-order valence-corrected chi connectivity index (χ3v) is 7.69. The minimum absolute atomic E-state index is 0.204. The molecule has 1 saturated carbocycles.